The number of benzene rings is 2. The number of carbonyl (C=O) groups excluding carboxylic acids is 2. The molecule has 0 aliphatic carbocycles. The zero-order chi connectivity index (χ0) is 20.3. The van der Waals surface area contributed by atoms with Gasteiger partial charge in [0.2, 0.25) is 5.91 Å². The third-order valence-corrected chi connectivity index (χ3v) is 5.32. The molecule has 0 radical (unpaired) electrons. The highest BCUT2D eigenvalue weighted by Crippen LogP contribution is 2.30. The van der Waals surface area contributed by atoms with Gasteiger partial charge < -0.3 is 15.5 Å². The van der Waals surface area contributed by atoms with E-state index in [1.807, 2.05) is 26.0 Å². The number of halogens is 1. The van der Waals surface area contributed by atoms with Crippen LogP contribution < -0.4 is 15.5 Å². The first-order chi connectivity index (χ1) is 13.4. The molecule has 1 atom stereocenters. The van der Waals surface area contributed by atoms with E-state index >= 15 is 0 Å². The minimum absolute atomic E-state index is 0.0576. The van der Waals surface area contributed by atoms with Gasteiger partial charge in [-0.05, 0) is 61.2 Å². The van der Waals surface area contributed by atoms with Crippen molar-refractivity contribution in [1.29, 1.82) is 0 Å². The summed E-state index contributed by atoms with van der Waals surface area (Å²) in [7, 11) is 0. The minimum atomic E-state index is -0.640. The number of carbonyl (C=O) groups is 2. The minimum Gasteiger partial charge on any atom is -0.371 e. The maximum atomic E-state index is 12.9. The third-order valence-electron chi connectivity index (χ3n) is 5.07. The molecule has 28 heavy (non-hydrogen) atoms. The number of hydrogen-bond acceptors (Lipinski definition) is 3. The van der Waals surface area contributed by atoms with Crippen molar-refractivity contribution >= 4 is 34.8 Å². The smallest absolute Gasteiger partial charge is 0.251 e. The number of hydrogen-bond donors (Lipinski definition) is 2. The van der Waals surface area contributed by atoms with Crippen LogP contribution in [0.1, 0.15) is 36.7 Å². The van der Waals surface area contributed by atoms with Crippen LogP contribution in [-0.4, -0.2) is 30.9 Å². The highest BCUT2D eigenvalue weighted by atomic mass is 35.5. The molecule has 2 aromatic rings. The molecule has 2 amide bonds. The van der Waals surface area contributed by atoms with E-state index in [-0.39, 0.29) is 17.7 Å². The highest BCUT2D eigenvalue weighted by Gasteiger charge is 2.25. The van der Waals surface area contributed by atoms with Gasteiger partial charge in [0, 0.05) is 35.1 Å². The van der Waals surface area contributed by atoms with E-state index < -0.39 is 6.04 Å². The maximum absolute atomic E-state index is 12.9. The van der Waals surface area contributed by atoms with Gasteiger partial charge in [-0.25, -0.2) is 0 Å². The Kier molecular flexibility index (Phi) is 6.25. The molecule has 5 nitrogen and oxygen atoms in total. The van der Waals surface area contributed by atoms with E-state index in [4.69, 9.17) is 11.6 Å². The molecule has 1 unspecified atom stereocenters. The molecule has 0 saturated heterocycles. The molecule has 2 aromatic carbocycles. The Morgan fingerprint density at radius 2 is 1.86 bits per heavy atom. The first-order valence-corrected chi connectivity index (χ1v) is 10.0. The maximum Gasteiger partial charge on any atom is 0.251 e. The van der Waals surface area contributed by atoms with E-state index in [0.717, 1.165) is 25.2 Å². The van der Waals surface area contributed by atoms with Crippen LogP contribution in [0.25, 0.3) is 0 Å². The van der Waals surface area contributed by atoms with Crippen molar-refractivity contribution in [3.05, 3.63) is 58.6 Å². The Morgan fingerprint density at radius 1 is 1.14 bits per heavy atom. The van der Waals surface area contributed by atoms with Crippen LogP contribution in [0, 0.1) is 5.92 Å². The molecule has 0 aromatic heterocycles. The van der Waals surface area contributed by atoms with Crippen molar-refractivity contribution < 1.29 is 9.59 Å². The van der Waals surface area contributed by atoms with Crippen molar-refractivity contribution in [3.63, 3.8) is 0 Å². The van der Waals surface area contributed by atoms with E-state index in [1.54, 1.807) is 24.3 Å². The van der Waals surface area contributed by atoms with Crippen LogP contribution in [-0.2, 0) is 11.2 Å². The normalized spacial score (nSPS) is 14.0. The standard InChI is InChI=1S/C22H26ClN3O2/c1-4-26-12-11-15-7-10-18(13-19(15)26)24-22(28)20(14(2)3)25-21(27)16-5-8-17(23)9-6-16/h5-10,13-14,20H,4,11-12H2,1-3H3,(H,24,28)(H,25,27). The van der Waals surface area contributed by atoms with Crippen LogP contribution in [0.15, 0.2) is 42.5 Å². The number of fused-ring (bicyclic) bond motifs is 1. The van der Waals surface area contributed by atoms with Gasteiger partial charge in [0.25, 0.3) is 5.91 Å². The Hall–Kier alpha value is -2.53. The zero-order valence-electron chi connectivity index (χ0n) is 16.5. The number of amides is 2. The quantitative estimate of drug-likeness (QED) is 0.768. The summed E-state index contributed by atoms with van der Waals surface area (Å²) >= 11 is 5.87. The van der Waals surface area contributed by atoms with Crippen molar-refractivity contribution in [2.75, 3.05) is 23.3 Å². The van der Waals surface area contributed by atoms with Crippen molar-refractivity contribution in [1.82, 2.24) is 5.32 Å². The Bertz CT molecular complexity index is 865. The van der Waals surface area contributed by atoms with Crippen LogP contribution in [0.4, 0.5) is 11.4 Å². The monoisotopic (exact) mass is 399 g/mol. The Morgan fingerprint density at radius 3 is 2.50 bits per heavy atom. The molecule has 1 aliphatic heterocycles. The molecule has 1 heterocycles. The highest BCUT2D eigenvalue weighted by molar-refractivity contribution is 6.30. The van der Waals surface area contributed by atoms with Crippen molar-refractivity contribution in [3.8, 4) is 0 Å². The lowest BCUT2D eigenvalue weighted by molar-refractivity contribution is -0.118. The summed E-state index contributed by atoms with van der Waals surface area (Å²) < 4.78 is 0. The number of rotatable bonds is 6. The van der Waals surface area contributed by atoms with Gasteiger partial charge in [0.1, 0.15) is 6.04 Å². The Labute approximate surface area is 171 Å². The molecular formula is C22H26ClN3O2. The number of nitrogens with one attached hydrogen (secondary N) is 2. The third kappa shape index (κ3) is 4.47. The summed E-state index contributed by atoms with van der Waals surface area (Å²) in [4.78, 5) is 27.7. The number of anilines is 2. The predicted molar refractivity (Wildman–Crippen MR) is 114 cm³/mol. The fourth-order valence-corrected chi connectivity index (χ4v) is 3.56. The van der Waals surface area contributed by atoms with E-state index in [2.05, 4.69) is 28.5 Å². The summed E-state index contributed by atoms with van der Waals surface area (Å²) in [5, 5.41) is 6.36. The molecule has 0 saturated carbocycles. The van der Waals surface area contributed by atoms with Crippen LogP contribution in [0.5, 0.6) is 0 Å². The van der Waals surface area contributed by atoms with Gasteiger partial charge in [0.15, 0.2) is 0 Å². The second-order valence-corrected chi connectivity index (χ2v) is 7.80. The first-order valence-electron chi connectivity index (χ1n) is 9.64. The van der Waals surface area contributed by atoms with Gasteiger partial charge >= 0.3 is 0 Å². The SMILES string of the molecule is CCN1CCc2ccc(NC(=O)C(NC(=O)c3ccc(Cl)cc3)C(C)C)cc21. The summed E-state index contributed by atoms with van der Waals surface area (Å²) in [5.41, 5.74) is 3.69. The molecule has 6 heteroatoms. The summed E-state index contributed by atoms with van der Waals surface area (Å²) in [6.45, 7) is 7.90. The van der Waals surface area contributed by atoms with Gasteiger partial charge in [-0.15, -0.1) is 0 Å². The molecule has 0 bridgehead atoms. The molecule has 0 spiro atoms. The largest absolute Gasteiger partial charge is 0.371 e. The predicted octanol–water partition coefficient (Wildman–Crippen LogP) is 4.12. The second kappa shape index (κ2) is 8.65. The molecular weight excluding hydrogens is 374 g/mol. The molecule has 1 aliphatic rings. The first kappa shape index (κ1) is 20.2. The lowest BCUT2D eigenvalue weighted by Crippen LogP contribution is -2.47. The van der Waals surface area contributed by atoms with Gasteiger partial charge in [-0.1, -0.05) is 31.5 Å². The fraction of sp³-hybridized carbons (Fsp3) is 0.364. The van der Waals surface area contributed by atoms with Crippen molar-refractivity contribution in [2.45, 2.75) is 33.2 Å². The van der Waals surface area contributed by atoms with E-state index in [0.29, 0.717) is 10.6 Å². The Balaban J connectivity index is 1.71. The van der Waals surface area contributed by atoms with Gasteiger partial charge in [-0.3, -0.25) is 9.59 Å². The average molecular weight is 400 g/mol. The number of nitrogens with zero attached hydrogens (tertiary/aromatic N) is 1. The van der Waals surface area contributed by atoms with Crippen molar-refractivity contribution in [2.24, 2.45) is 5.92 Å². The summed E-state index contributed by atoms with van der Waals surface area (Å²) in [6, 6.07) is 12.0. The van der Waals surface area contributed by atoms with Crippen LogP contribution in [0.3, 0.4) is 0 Å². The lowest BCUT2D eigenvalue weighted by atomic mass is 10.0. The average Bonchev–Trinajstić information content (AvgIpc) is 3.08. The van der Waals surface area contributed by atoms with E-state index in [1.165, 1.54) is 11.3 Å². The summed E-state index contributed by atoms with van der Waals surface area (Å²) in [5.74, 6) is -0.576. The van der Waals surface area contributed by atoms with Crippen LogP contribution >= 0.6 is 11.6 Å². The van der Waals surface area contributed by atoms with Gasteiger partial charge in [-0.2, -0.15) is 0 Å². The molecule has 0 fully saturated rings. The van der Waals surface area contributed by atoms with Crippen LogP contribution in [0.2, 0.25) is 5.02 Å². The molecule has 148 valence electrons. The fourth-order valence-electron chi connectivity index (χ4n) is 3.43. The van der Waals surface area contributed by atoms with E-state index in [9.17, 15) is 9.59 Å². The lowest BCUT2D eigenvalue weighted by Gasteiger charge is -2.22. The topological polar surface area (TPSA) is 61.4 Å². The second-order valence-electron chi connectivity index (χ2n) is 7.36. The molecule has 2 N–H and O–H groups in total. The summed E-state index contributed by atoms with van der Waals surface area (Å²) in [6.07, 6.45) is 1.03. The number of likely N-dealkylation sites (N-methyl/N-ethyl adjacent to an activating group) is 1. The van der Waals surface area contributed by atoms with Gasteiger partial charge in [0.05, 0.1) is 0 Å². The zero-order valence-corrected chi connectivity index (χ0v) is 17.2. The molecule has 3 rings (SSSR count).